The van der Waals surface area contributed by atoms with Crippen LogP contribution in [0.2, 0.25) is 0 Å². The summed E-state index contributed by atoms with van der Waals surface area (Å²) in [6.45, 7) is 3.25. The van der Waals surface area contributed by atoms with Crippen LogP contribution < -0.4 is 9.47 Å². The van der Waals surface area contributed by atoms with Crippen molar-refractivity contribution in [2.75, 3.05) is 26.8 Å². The summed E-state index contributed by atoms with van der Waals surface area (Å²) in [5.74, 6) is 1.36. The Bertz CT molecular complexity index is 888. The molecule has 4 rings (SSSR count). The van der Waals surface area contributed by atoms with Gasteiger partial charge in [-0.2, -0.15) is 0 Å². The lowest BCUT2D eigenvalue weighted by molar-refractivity contribution is -0.158. The molecule has 1 atom stereocenters. The van der Waals surface area contributed by atoms with E-state index in [0.29, 0.717) is 24.7 Å². The Hall–Kier alpha value is -2.50. The van der Waals surface area contributed by atoms with E-state index < -0.39 is 6.04 Å². The molecule has 1 saturated heterocycles. The maximum Gasteiger partial charge on any atom is 0.250 e. The molecule has 2 fully saturated rings. The molecule has 1 saturated carbocycles. The first-order chi connectivity index (χ1) is 16.6. The van der Waals surface area contributed by atoms with Crippen molar-refractivity contribution in [1.82, 2.24) is 9.80 Å². The largest absolute Gasteiger partial charge is 0.493 e. The number of rotatable bonds is 8. The van der Waals surface area contributed by atoms with E-state index in [1.165, 1.54) is 31.3 Å². The van der Waals surface area contributed by atoms with Gasteiger partial charge in [0.15, 0.2) is 11.5 Å². The van der Waals surface area contributed by atoms with Gasteiger partial charge in [-0.3, -0.25) is 9.59 Å². The first kappa shape index (κ1) is 24.6. The molecule has 2 aliphatic carbocycles. The minimum atomic E-state index is -0.613. The molecule has 3 aliphatic rings. The Morgan fingerprint density at radius 3 is 2.47 bits per heavy atom. The summed E-state index contributed by atoms with van der Waals surface area (Å²) in [4.78, 5) is 31.2. The molecule has 1 aromatic carbocycles. The molecule has 6 heteroatoms. The number of amides is 2. The average Bonchev–Trinajstić information content (AvgIpc) is 3.15. The quantitative estimate of drug-likeness (QED) is 0.378. The van der Waals surface area contributed by atoms with E-state index in [1.807, 2.05) is 34.9 Å². The third-order valence-electron chi connectivity index (χ3n) is 7.58. The van der Waals surface area contributed by atoms with Gasteiger partial charge in [0.05, 0.1) is 13.7 Å². The summed E-state index contributed by atoms with van der Waals surface area (Å²) < 4.78 is 11.3. The molecular weight excluding hydrogens is 428 g/mol. The summed E-state index contributed by atoms with van der Waals surface area (Å²) in [6.07, 6.45) is 14.5. The van der Waals surface area contributed by atoms with Crippen molar-refractivity contribution in [2.45, 2.75) is 89.6 Å². The number of carbonyl (C=O) groups is 2. The minimum absolute atomic E-state index is 0.0512. The van der Waals surface area contributed by atoms with Crippen LogP contribution in [0.15, 0.2) is 29.8 Å². The summed E-state index contributed by atoms with van der Waals surface area (Å²) in [5, 5.41) is 0. The van der Waals surface area contributed by atoms with Crippen LogP contribution in [0.3, 0.4) is 0 Å². The van der Waals surface area contributed by atoms with Crippen molar-refractivity contribution in [1.29, 1.82) is 0 Å². The number of methoxy groups -OCH3 is 1. The Kier molecular flexibility index (Phi) is 8.52. The van der Waals surface area contributed by atoms with Crippen molar-refractivity contribution >= 4 is 11.8 Å². The second kappa shape index (κ2) is 11.8. The number of benzene rings is 1. The third kappa shape index (κ3) is 5.59. The second-order valence-electron chi connectivity index (χ2n) is 9.80. The molecule has 34 heavy (non-hydrogen) atoms. The zero-order chi connectivity index (χ0) is 23.9. The van der Waals surface area contributed by atoms with Crippen molar-refractivity contribution in [3.8, 4) is 11.5 Å². The predicted molar refractivity (Wildman–Crippen MR) is 133 cm³/mol. The van der Waals surface area contributed by atoms with Gasteiger partial charge in [-0.1, -0.05) is 43.4 Å². The van der Waals surface area contributed by atoms with Gasteiger partial charge in [0.2, 0.25) is 5.91 Å². The fourth-order valence-electron chi connectivity index (χ4n) is 5.73. The molecule has 6 nitrogen and oxygen atoms in total. The maximum absolute atomic E-state index is 14.0. The number of ether oxygens (including phenoxy) is 2. The summed E-state index contributed by atoms with van der Waals surface area (Å²) in [5.41, 5.74) is 2.22. The zero-order valence-corrected chi connectivity index (χ0v) is 20.9. The molecule has 0 unspecified atom stereocenters. The molecule has 0 N–H and O–H groups in total. The summed E-state index contributed by atoms with van der Waals surface area (Å²) in [6, 6.07) is 5.21. The minimum Gasteiger partial charge on any atom is -0.493 e. The number of carbonyl (C=O) groups excluding carboxylic acids is 2. The van der Waals surface area contributed by atoms with Gasteiger partial charge in [-0.25, -0.2) is 0 Å². The topological polar surface area (TPSA) is 59.1 Å². The fourth-order valence-corrected chi connectivity index (χ4v) is 5.73. The fraction of sp³-hybridized carbons (Fsp3) is 0.643. The zero-order valence-electron chi connectivity index (χ0n) is 20.9. The highest BCUT2D eigenvalue weighted by atomic mass is 16.5. The Balaban J connectivity index is 1.64. The van der Waals surface area contributed by atoms with Crippen LogP contribution in [0.5, 0.6) is 11.5 Å². The van der Waals surface area contributed by atoms with Gasteiger partial charge in [-0.15, -0.1) is 0 Å². The molecule has 0 aromatic heterocycles. The van der Waals surface area contributed by atoms with E-state index >= 15 is 0 Å². The van der Waals surface area contributed by atoms with Gasteiger partial charge in [0.1, 0.15) is 12.6 Å². The van der Waals surface area contributed by atoms with Crippen LogP contribution >= 0.6 is 0 Å². The van der Waals surface area contributed by atoms with E-state index in [2.05, 4.69) is 6.08 Å². The van der Waals surface area contributed by atoms with Crippen LogP contribution in [-0.4, -0.2) is 54.5 Å². The van der Waals surface area contributed by atoms with Gasteiger partial charge in [-0.05, 0) is 69.6 Å². The lowest BCUT2D eigenvalue weighted by Gasteiger charge is -2.44. The number of piperazine rings is 1. The monoisotopic (exact) mass is 468 g/mol. The number of hydrogen-bond acceptors (Lipinski definition) is 4. The molecule has 1 aliphatic heterocycles. The Labute approximate surface area is 204 Å². The van der Waals surface area contributed by atoms with Gasteiger partial charge < -0.3 is 19.3 Å². The summed E-state index contributed by atoms with van der Waals surface area (Å²) in [7, 11) is 1.61. The molecular formula is C28H40N2O4. The molecule has 186 valence electrons. The van der Waals surface area contributed by atoms with Crippen LogP contribution in [-0.2, 0) is 9.59 Å². The van der Waals surface area contributed by atoms with Crippen molar-refractivity contribution < 1.29 is 19.1 Å². The van der Waals surface area contributed by atoms with E-state index in [-0.39, 0.29) is 24.4 Å². The number of nitrogens with zero attached hydrogens (tertiary/aromatic N) is 2. The maximum atomic E-state index is 14.0. The Morgan fingerprint density at radius 2 is 1.79 bits per heavy atom. The first-order valence-electron chi connectivity index (χ1n) is 13.2. The van der Waals surface area contributed by atoms with Crippen LogP contribution in [0.1, 0.15) is 89.2 Å². The molecule has 0 bridgehead atoms. The predicted octanol–water partition coefficient (Wildman–Crippen LogP) is 5.42. The second-order valence-corrected chi connectivity index (χ2v) is 9.80. The van der Waals surface area contributed by atoms with Gasteiger partial charge in [0.25, 0.3) is 5.91 Å². The van der Waals surface area contributed by atoms with Crippen LogP contribution in [0.4, 0.5) is 0 Å². The first-order valence-corrected chi connectivity index (χ1v) is 13.2. The highest BCUT2D eigenvalue weighted by Gasteiger charge is 2.42. The SMILES string of the molecule is CCOc1ccc([C@H]2C(=O)N(C3CCCCCC3)CC(=O)N2CCC2=CCCCC2)cc1OC. The lowest BCUT2D eigenvalue weighted by atomic mass is 9.94. The third-order valence-corrected chi connectivity index (χ3v) is 7.58. The molecule has 2 amide bonds. The molecule has 0 spiro atoms. The highest BCUT2D eigenvalue weighted by Crippen LogP contribution is 2.37. The number of allylic oxidation sites excluding steroid dienone is 1. The normalized spacial score (nSPS) is 22.4. The molecule has 1 heterocycles. The molecule has 1 aromatic rings. The van der Waals surface area contributed by atoms with Crippen LogP contribution in [0.25, 0.3) is 0 Å². The van der Waals surface area contributed by atoms with Crippen molar-refractivity contribution in [3.05, 3.63) is 35.4 Å². The van der Waals surface area contributed by atoms with Gasteiger partial charge in [0, 0.05) is 12.6 Å². The summed E-state index contributed by atoms with van der Waals surface area (Å²) >= 11 is 0. The lowest BCUT2D eigenvalue weighted by Crippen LogP contribution is -2.58. The van der Waals surface area contributed by atoms with Crippen molar-refractivity contribution in [3.63, 3.8) is 0 Å². The van der Waals surface area contributed by atoms with Gasteiger partial charge >= 0.3 is 0 Å². The average molecular weight is 469 g/mol. The van der Waals surface area contributed by atoms with E-state index in [9.17, 15) is 9.59 Å². The Morgan fingerprint density at radius 1 is 1.00 bits per heavy atom. The standard InChI is InChI=1S/C28H40N2O4/c1-3-34-24-16-15-22(19-25(24)33-2)27-28(32)30(23-13-9-4-5-10-14-23)20-26(31)29(27)18-17-21-11-7-6-8-12-21/h11,15-16,19,23,27H,3-10,12-14,17-18,20H2,1-2H3/t27-/m0/s1. The van der Waals surface area contributed by atoms with Crippen LogP contribution in [0, 0.1) is 0 Å². The smallest absolute Gasteiger partial charge is 0.250 e. The highest BCUT2D eigenvalue weighted by molar-refractivity contribution is 5.96. The van der Waals surface area contributed by atoms with E-state index in [0.717, 1.165) is 50.5 Å². The van der Waals surface area contributed by atoms with Crippen molar-refractivity contribution in [2.24, 2.45) is 0 Å². The molecule has 0 radical (unpaired) electrons. The number of hydrogen-bond donors (Lipinski definition) is 0. The van der Waals surface area contributed by atoms with E-state index in [4.69, 9.17) is 9.47 Å². The van der Waals surface area contributed by atoms with E-state index in [1.54, 1.807) is 7.11 Å².